The number of rotatable bonds is 5. The molecule has 2 aromatic rings. The average molecular weight is 281 g/mol. The molecule has 1 N–H and O–H groups in total. The standard InChI is InChI=1S/C13H13F2N3O2/c1-2-3-11-12(13(19)20)16-17-18(11)7-8-4-9(14)6-10(15)5-8/h4-6H,2-3,7H2,1H3,(H,19,20). The van der Waals surface area contributed by atoms with Crippen LogP contribution in [0.2, 0.25) is 0 Å². The minimum absolute atomic E-state index is 0.0737. The molecule has 0 bridgehead atoms. The van der Waals surface area contributed by atoms with E-state index in [9.17, 15) is 13.6 Å². The van der Waals surface area contributed by atoms with Gasteiger partial charge in [0.2, 0.25) is 0 Å². The first-order chi connectivity index (χ1) is 9.51. The van der Waals surface area contributed by atoms with Crippen molar-refractivity contribution in [2.45, 2.75) is 26.3 Å². The maximum Gasteiger partial charge on any atom is 0.358 e. The monoisotopic (exact) mass is 281 g/mol. The number of nitrogens with zero attached hydrogens (tertiary/aromatic N) is 3. The fraction of sp³-hybridized carbons (Fsp3) is 0.308. The molecular weight excluding hydrogens is 268 g/mol. The van der Waals surface area contributed by atoms with Crippen molar-refractivity contribution >= 4 is 5.97 Å². The summed E-state index contributed by atoms with van der Waals surface area (Å²) in [6.45, 7) is 1.97. The predicted molar refractivity (Wildman–Crippen MR) is 66.4 cm³/mol. The minimum atomic E-state index is -1.16. The van der Waals surface area contributed by atoms with Gasteiger partial charge in [-0.1, -0.05) is 18.6 Å². The summed E-state index contributed by atoms with van der Waals surface area (Å²) < 4.78 is 27.6. The van der Waals surface area contributed by atoms with Crippen LogP contribution in [-0.2, 0) is 13.0 Å². The third-order valence-corrected chi connectivity index (χ3v) is 2.78. The summed E-state index contributed by atoms with van der Waals surface area (Å²) in [6, 6.07) is 3.14. The summed E-state index contributed by atoms with van der Waals surface area (Å²) >= 11 is 0. The fourth-order valence-corrected chi connectivity index (χ4v) is 1.99. The smallest absolute Gasteiger partial charge is 0.358 e. The summed E-state index contributed by atoms with van der Waals surface area (Å²) in [7, 11) is 0. The number of aromatic carboxylic acids is 1. The van der Waals surface area contributed by atoms with E-state index >= 15 is 0 Å². The Morgan fingerprint density at radius 2 is 1.95 bits per heavy atom. The summed E-state index contributed by atoms with van der Waals surface area (Å²) in [4.78, 5) is 11.0. The van der Waals surface area contributed by atoms with Crippen LogP contribution in [-0.4, -0.2) is 26.1 Å². The van der Waals surface area contributed by atoms with Crippen molar-refractivity contribution in [1.29, 1.82) is 0 Å². The van der Waals surface area contributed by atoms with Crippen molar-refractivity contribution < 1.29 is 18.7 Å². The highest BCUT2D eigenvalue weighted by molar-refractivity contribution is 5.86. The number of halogens is 2. The normalized spacial score (nSPS) is 10.8. The molecule has 106 valence electrons. The predicted octanol–water partition coefficient (Wildman–Crippen LogP) is 2.26. The summed E-state index contributed by atoms with van der Waals surface area (Å²) in [5.74, 6) is -2.53. The molecule has 0 radical (unpaired) electrons. The Hall–Kier alpha value is -2.31. The number of benzene rings is 1. The van der Waals surface area contributed by atoms with Crippen molar-refractivity contribution in [3.05, 3.63) is 46.8 Å². The summed E-state index contributed by atoms with van der Waals surface area (Å²) in [5.41, 5.74) is 0.690. The molecule has 7 heteroatoms. The van der Waals surface area contributed by atoms with Gasteiger partial charge in [0.05, 0.1) is 12.2 Å². The molecule has 0 spiro atoms. The van der Waals surface area contributed by atoms with Crippen LogP contribution >= 0.6 is 0 Å². The molecule has 0 aliphatic rings. The molecule has 0 saturated heterocycles. The molecule has 0 saturated carbocycles. The van der Waals surface area contributed by atoms with Crippen LogP contribution in [0.3, 0.4) is 0 Å². The number of carboxylic acid groups (broad SMARTS) is 1. The summed E-state index contributed by atoms with van der Waals surface area (Å²) in [5, 5.41) is 16.4. The Kier molecular flexibility index (Phi) is 4.07. The first-order valence-corrected chi connectivity index (χ1v) is 6.12. The molecule has 0 unspecified atom stereocenters. The molecular formula is C13H13F2N3O2. The van der Waals surface area contributed by atoms with Crippen LogP contribution in [0.4, 0.5) is 8.78 Å². The van der Waals surface area contributed by atoms with Gasteiger partial charge in [0.25, 0.3) is 0 Å². The van der Waals surface area contributed by atoms with Crippen LogP contribution in [0.25, 0.3) is 0 Å². The second kappa shape index (κ2) is 5.77. The van der Waals surface area contributed by atoms with E-state index in [-0.39, 0.29) is 12.2 Å². The van der Waals surface area contributed by atoms with E-state index in [2.05, 4.69) is 10.3 Å². The zero-order valence-corrected chi connectivity index (χ0v) is 10.8. The third-order valence-electron chi connectivity index (χ3n) is 2.78. The van der Waals surface area contributed by atoms with Crippen LogP contribution in [0.1, 0.15) is 35.1 Å². The highest BCUT2D eigenvalue weighted by atomic mass is 19.1. The van der Waals surface area contributed by atoms with E-state index in [4.69, 9.17) is 5.11 Å². The lowest BCUT2D eigenvalue weighted by atomic mass is 10.2. The SMILES string of the molecule is CCCc1c(C(=O)O)nnn1Cc1cc(F)cc(F)c1. The molecule has 0 aliphatic carbocycles. The fourth-order valence-electron chi connectivity index (χ4n) is 1.99. The van der Waals surface area contributed by atoms with E-state index in [1.165, 1.54) is 16.8 Å². The number of carbonyl (C=O) groups is 1. The van der Waals surface area contributed by atoms with Crippen molar-refractivity contribution in [1.82, 2.24) is 15.0 Å². The van der Waals surface area contributed by atoms with E-state index in [0.717, 1.165) is 6.07 Å². The van der Waals surface area contributed by atoms with Gasteiger partial charge in [0, 0.05) is 6.07 Å². The molecule has 1 aromatic heterocycles. The van der Waals surface area contributed by atoms with Gasteiger partial charge < -0.3 is 5.11 Å². The second-order valence-electron chi connectivity index (χ2n) is 4.38. The zero-order valence-electron chi connectivity index (χ0n) is 10.8. The van der Waals surface area contributed by atoms with Gasteiger partial charge >= 0.3 is 5.97 Å². The second-order valence-corrected chi connectivity index (χ2v) is 4.38. The molecule has 0 amide bonds. The van der Waals surface area contributed by atoms with Crippen LogP contribution in [0.15, 0.2) is 18.2 Å². The largest absolute Gasteiger partial charge is 0.476 e. The highest BCUT2D eigenvalue weighted by Gasteiger charge is 2.18. The van der Waals surface area contributed by atoms with Crippen molar-refractivity contribution in [2.24, 2.45) is 0 Å². The van der Waals surface area contributed by atoms with E-state index < -0.39 is 17.6 Å². The van der Waals surface area contributed by atoms with Crippen molar-refractivity contribution in [3.63, 3.8) is 0 Å². The molecule has 0 atom stereocenters. The number of aromatic nitrogens is 3. The van der Waals surface area contributed by atoms with Gasteiger partial charge in [0.1, 0.15) is 11.6 Å². The average Bonchev–Trinajstić information content (AvgIpc) is 2.72. The van der Waals surface area contributed by atoms with Crippen LogP contribution < -0.4 is 0 Å². The lowest BCUT2D eigenvalue weighted by Gasteiger charge is -2.06. The first kappa shape index (κ1) is 14.1. The maximum atomic E-state index is 13.1. The van der Waals surface area contributed by atoms with Gasteiger partial charge in [-0.05, 0) is 24.1 Å². The zero-order chi connectivity index (χ0) is 14.7. The van der Waals surface area contributed by atoms with Gasteiger partial charge in [0.15, 0.2) is 5.69 Å². The van der Waals surface area contributed by atoms with Gasteiger partial charge in [-0.25, -0.2) is 18.3 Å². The Labute approximate surface area is 113 Å². The number of hydrogen-bond acceptors (Lipinski definition) is 3. The third kappa shape index (κ3) is 2.98. The van der Waals surface area contributed by atoms with E-state index in [1.807, 2.05) is 6.92 Å². The molecule has 1 heterocycles. The number of hydrogen-bond donors (Lipinski definition) is 1. The van der Waals surface area contributed by atoms with Crippen molar-refractivity contribution in [2.75, 3.05) is 0 Å². The number of carboxylic acids is 1. The lowest BCUT2D eigenvalue weighted by molar-refractivity contribution is 0.0689. The van der Waals surface area contributed by atoms with E-state index in [1.54, 1.807) is 0 Å². The van der Waals surface area contributed by atoms with Gasteiger partial charge in [-0.2, -0.15) is 0 Å². The topological polar surface area (TPSA) is 68.0 Å². The summed E-state index contributed by atoms with van der Waals surface area (Å²) in [6.07, 6.45) is 1.19. The minimum Gasteiger partial charge on any atom is -0.476 e. The Morgan fingerprint density at radius 3 is 2.50 bits per heavy atom. The molecule has 2 rings (SSSR count). The van der Waals surface area contributed by atoms with E-state index in [0.29, 0.717) is 24.1 Å². The lowest BCUT2D eigenvalue weighted by Crippen LogP contribution is -2.09. The van der Waals surface area contributed by atoms with Gasteiger partial charge in [-0.15, -0.1) is 5.10 Å². The molecule has 5 nitrogen and oxygen atoms in total. The molecule has 1 aromatic carbocycles. The molecule has 0 aliphatic heterocycles. The molecule has 0 fully saturated rings. The quantitative estimate of drug-likeness (QED) is 0.912. The Bertz CT molecular complexity index is 620. The first-order valence-electron chi connectivity index (χ1n) is 6.12. The molecule has 20 heavy (non-hydrogen) atoms. The van der Waals surface area contributed by atoms with Crippen LogP contribution in [0, 0.1) is 11.6 Å². The van der Waals surface area contributed by atoms with Crippen LogP contribution in [0.5, 0.6) is 0 Å². The maximum absolute atomic E-state index is 13.1. The highest BCUT2D eigenvalue weighted by Crippen LogP contribution is 2.13. The Balaban J connectivity index is 2.35. The van der Waals surface area contributed by atoms with Gasteiger partial charge in [-0.3, -0.25) is 0 Å². The Morgan fingerprint density at radius 1 is 1.30 bits per heavy atom. The van der Waals surface area contributed by atoms with Crippen molar-refractivity contribution in [3.8, 4) is 0 Å².